The maximum atomic E-state index is 11.9. The number of amides is 1. The number of carbonyl (C=O) groups is 1. The highest BCUT2D eigenvalue weighted by molar-refractivity contribution is 7.09. The van der Waals surface area contributed by atoms with E-state index >= 15 is 0 Å². The lowest BCUT2D eigenvalue weighted by atomic mass is 10.2. The van der Waals surface area contributed by atoms with Crippen LogP contribution in [-0.2, 0) is 13.0 Å². The minimum Gasteiger partial charge on any atom is -0.469 e. The van der Waals surface area contributed by atoms with Gasteiger partial charge in [-0.25, -0.2) is 4.98 Å². The number of hydrogen-bond donors (Lipinski definition) is 2. The maximum Gasteiger partial charge on any atom is 0.270 e. The molecule has 0 spiro atoms. The molecule has 0 saturated carbocycles. The Bertz CT molecular complexity index is 507. The van der Waals surface area contributed by atoms with Crippen molar-refractivity contribution in [1.29, 1.82) is 0 Å². The second kappa shape index (κ2) is 5.79. The van der Waals surface area contributed by atoms with Gasteiger partial charge in [-0.2, -0.15) is 0 Å². The first-order valence-corrected chi connectivity index (χ1v) is 6.54. The van der Waals surface area contributed by atoms with E-state index in [1.807, 2.05) is 19.1 Å². The Balaban J connectivity index is 1.90. The van der Waals surface area contributed by atoms with Gasteiger partial charge in [0.2, 0.25) is 0 Å². The van der Waals surface area contributed by atoms with Gasteiger partial charge >= 0.3 is 0 Å². The number of furan rings is 1. The van der Waals surface area contributed by atoms with Crippen LogP contribution in [0.5, 0.6) is 0 Å². The molecule has 0 aliphatic carbocycles. The molecule has 0 aliphatic heterocycles. The van der Waals surface area contributed by atoms with Gasteiger partial charge in [0.25, 0.3) is 5.91 Å². The number of carbonyl (C=O) groups excluding carboxylic acids is 1. The Morgan fingerprint density at radius 2 is 2.50 bits per heavy atom. The quantitative estimate of drug-likeness (QED) is 0.859. The number of aromatic nitrogens is 1. The highest BCUT2D eigenvalue weighted by atomic mass is 32.1. The molecule has 1 unspecified atom stereocenters. The van der Waals surface area contributed by atoms with Crippen molar-refractivity contribution in [2.45, 2.75) is 25.9 Å². The first-order valence-electron chi connectivity index (χ1n) is 5.66. The summed E-state index contributed by atoms with van der Waals surface area (Å²) in [6, 6.07) is 3.71. The van der Waals surface area contributed by atoms with Crippen LogP contribution in [0, 0.1) is 0 Å². The van der Waals surface area contributed by atoms with Crippen LogP contribution in [0.25, 0.3) is 0 Å². The van der Waals surface area contributed by atoms with E-state index < -0.39 is 0 Å². The molecule has 2 heterocycles. The van der Waals surface area contributed by atoms with Gasteiger partial charge in [0, 0.05) is 24.4 Å². The number of nitrogens with two attached hydrogens (primary N) is 1. The molecule has 0 aromatic carbocycles. The van der Waals surface area contributed by atoms with Crippen molar-refractivity contribution in [2.24, 2.45) is 5.73 Å². The second-order valence-corrected chi connectivity index (χ2v) is 4.93. The molecule has 0 radical (unpaired) electrons. The lowest BCUT2D eigenvalue weighted by molar-refractivity contribution is 0.0935. The zero-order valence-corrected chi connectivity index (χ0v) is 10.9. The third-order valence-electron chi connectivity index (χ3n) is 2.42. The van der Waals surface area contributed by atoms with E-state index in [0.29, 0.717) is 18.7 Å². The van der Waals surface area contributed by atoms with Gasteiger partial charge in [-0.15, -0.1) is 11.3 Å². The fourth-order valence-electron chi connectivity index (χ4n) is 1.59. The van der Waals surface area contributed by atoms with Crippen LogP contribution in [0.4, 0.5) is 0 Å². The summed E-state index contributed by atoms with van der Waals surface area (Å²) in [6.07, 6.45) is 2.28. The fraction of sp³-hybridized carbons (Fsp3) is 0.333. The summed E-state index contributed by atoms with van der Waals surface area (Å²) in [4.78, 5) is 16.0. The van der Waals surface area contributed by atoms with E-state index in [1.54, 1.807) is 11.6 Å². The standard InChI is InChI=1S/C12H15N3O2S/c1-8(5-9-3-2-4-17-9)14-12(16)10-7-18-11(6-13)15-10/h2-4,7-8H,5-6,13H2,1H3,(H,14,16). The van der Waals surface area contributed by atoms with Crippen LogP contribution in [0.15, 0.2) is 28.2 Å². The highest BCUT2D eigenvalue weighted by Gasteiger charge is 2.14. The molecule has 2 aromatic rings. The molecule has 96 valence electrons. The molecule has 3 N–H and O–H groups in total. The summed E-state index contributed by atoms with van der Waals surface area (Å²) in [7, 11) is 0. The summed E-state index contributed by atoms with van der Waals surface area (Å²) in [5, 5.41) is 5.36. The van der Waals surface area contributed by atoms with Gasteiger partial charge in [-0.3, -0.25) is 4.79 Å². The van der Waals surface area contributed by atoms with Gasteiger partial charge in [0.1, 0.15) is 16.5 Å². The van der Waals surface area contributed by atoms with Crippen LogP contribution < -0.4 is 11.1 Å². The molecular weight excluding hydrogens is 250 g/mol. The number of nitrogens with one attached hydrogen (secondary N) is 1. The minimum atomic E-state index is -0.176. The predicted molar refractivity (Wildman–Crippen MR) is 69.3 cm³/mol. The molecule has 18 heavy (non-hydrogen) atoms. The molecule has 6 heteroatoms. The molecule has 0 aliphatic rings. The lowest BCUT2D eigenvalue weighted by Crippen LogP contribution is -2.34. The molecule has 2 aromatic heterocycles. The van der Waals surface area contributed by atoms with E-state index in [1.165, 1.54) is 11.3 Å². The molecule has 1 atom stereocenters. The molecule has 0 bridgehead atoms. The van der Waals surface area contributed by atoms with Crippen LogP contribution >= 0.6 is 11.3 Å². The van der Waals surface area contributed by atoms with Gasteiger partial charge in [0.05, 0.1) is 6.26 Å². The predicted octanol–water partition coefficient (Wildman–Crippen LogP) is 1.56. The first-order chi connectivity index (χ1) is 8.69. The third kappa shape index (κ3) is 3.18. The monoisotopic (exact) mass is 265 g/mol. The normalized spacial score (nSPS) is 12.3. The van der Waals surface area contributed by atoms with Crippen molar-refractivity contribution in [3.8, 4) is 0 Å². The van der Waals surface area contributed by atoms with E-state index in [0.717, 1.165) is 10.8 Å². The Morgan fingerprint density at radius 1 is 1.67 bits per heavy atom. The minimum absolute atomic E-state index is 0.00771. The van der Waals surface area contributed by atoms with E-state index in [2.05, 4.69) is 10.3 Å². The smallest absolute Gasteiger partial charge is 0.270 e. The van der Waals surface area contributed by atoms with Crippen LogP contribution in [0.1, 0.15) is 28.2 Å². The fourth-order valence-corrected chi connectivity index (χ4v) is 2.24. The lowest BCUT2D eigenvalue weighted by Gasteiger charge is -2.11. The van der Waals surface area contributed by atoms with E-state index in [-0.39, 0.29) is 11.9 Å². The zero-order valence-electron chi connectivity index (χ0n) is 10.1. The third-order valence-corrected chi connectivity index (χ3v) is 3.30. The number of hydrogen-bond acceptors (Lipinski definition) is 5. The Kier molecular flexibility index (Phi) is 4.11. The van der Waals surface area contributed by atoms with Crippen LogP contribution in [0.2, 0.25) is 0 Å². The van der Waals surface area contributed by atoms with E-state index in [4.69, 9.17) is 10.2 Å². The number of thiazole rings is 1. The molecule has 5 nitrogen and oxygen atoms in total. The van der Waals surface area contributed by atoms with Crippen molar-refractivity contribution < 1.29 is 9.21 Å². The molecule has 1 amide bonds. The molecule has 0 saturated heterocycles. The Morgan fingerprint density at radius 3 is 3.11 bits per heavy atom. The highest BCUT2D eigenvalue weighted by Crippen LogP contribution is 2.09. The SMILES string of the molecule is CC(Cc1ccco1)NC(=O)c1csc(CN)n1. The maximum absolute atomic E-state index is 11.9. The number of nitrogens with zero attached hydrogens (tertiary/aromatic N) is 1. The van der Waals surface area contributed by atoms with Gasteiger partial charge in [-0.1, -0.05) is 0 Å². The van der Waals surface area contributed by atoms with Crippen molar-refractivity contribution in [3.63, 3.8) is 0 Å². The number of rotatable bonds is 5. The van der Waals surface area contributed by atoms with Gasteiger partial charge in [0.15, 0.2) is 0 Å². The summed E-state index contributed by atoms with van der Waals surface area (Å²) in [5.41, 5.74) is 5.88. The molecule has 2 rings (SSSR count). The summed E-state index contributed by atoms with van der Waals surface area (Å²) >= 11 is 1.39. The largest absolute Gasteiger partial charge is 0.469 e. The van der Waals surface area contributed by atoms with Crippen molar-refractivity contribution in [3.05, 3.63) is 40.2 Å². The van der Waals surface area contributed by atoms with Crippen molar-refractivity contribution in [1.82, 2.24) is 10.3 Å². The zero-order chi connectivity index (χ0) is 13.0. The summed E-state index contributed by atoms with van der Waals surface area (Å²) in [6.45, 7) is 2.29. The Labute approximate surface area is 109 Å². The van der Waals surface area contributed by atoms with Crippen LogP contribution in [-0.4, -0.2) is 16.9 Å². The average Bonchev–Trinajstić information content (AvgIpc) is 2.98. The Hall–Kier alpha value is -1.66. The molecule has 0 fully saturated rings. The first kappa shape index (κ1) is 12.8. The van der Waals surface area contributed by atoms with Crippen molar-refractivity contribution in [2.75, 3.05) is 0 Å². The molecular formula is C12H15N3O2S. The summed E-state index contributed by atoms with van der Waals surface area (Å²) in [5.74, 6) is 0.675. The van der Waals surface area contributed by atoms with Crippen LogP contribution in [0.3, 0.4) is 0 Å². The second-order valence-electron chi connectivity index (χ2n) is 3.99. The van der Waals surface area contributed by atoms with Gasteiger partial charge in [-0.05, 0) is 19.1 Å². The van der Waals surface area contributed by atoms with Gasteiger partial charge < -0.3 is 15.5 Å². The van der Waals surface area contributed by atoms with E-state index in [9.17, 15) is 4.79 Å². The summed E-state index contributed by atoms with van der Waals surface area (Å²) < 4.78 is 5.23. The topological polar surface area (TPSA) is 81.2 Å². The van der Waals surface area contributed by atoms with Crippen molar-refractivity contribution >= 4 is 17.2 Å². The average molecular weight is 265 g/mol.